The fourth-order valence-electron chi connectivity index (χ4n) is 4.26. The van der Waals surface area contributed by atoms with Crippen molar-refractivity contribution in [2.45, 2.75) is 52.5 Å². The van der Waals surface area contributed by atoms with Crippen LogP contribution in [0, 0.1) is 6.92 Å². The minimum Gasteiger partial charge on any atom is -0.444 e. The number of halogens is 2. The summed E-state index contributed by atoms with van der Waals surface area (Å²) in [4.78, 5) is 19.3. The van der Waals surface area contributed by atoms with E-state index in [0.29, 0.717) is 37.3 Å². The summed E-state index contributed by atoms with van der Waals surface area (Å²) in [6.45, 7) is 8.45. The number of pyridine rings is 1. The molecule has 4 rings (SSSR count). The zero-order chi connectivity index (χ0) is 24.6. The molecular formula is C25H30BrFN3O3P. The molecular weight excluding hydrogens is 520 g/mol. The van der Waals surface area contributed by atoms with E-state index in [1.54, 1.807) is 17.0 Å². The van der Waals surface area contributed by atoms with Gasteiger partial charge in [-0.25, -0.2) is 14.2 Å². The molecule has 1 fully saturated rings. The molecule has 182 valence electrons. The number of aryl methyl sites for hydroxylation is 1. The predicted octanol–water partition coefficient (Wildman–Crippen LogP) is 5.22. The molecule has 0 aliphatic carbocycles. The van der Waals surface area contributed by atoms with Gasteiger partial charge in [0.2, 0.25) is 0 Å². The number of aromatic nitrogens is 2. The highest BCUT2D eigenvalue weighted by molar-refractivity contribution is 9.10. The van der Waals surface area contributed by atoms with Crippen LogP contribution in [-0.2, 0) is 22.6 Å². The van der Waals surface area contributed by atoms with Crippen LogP contribution in [0.3, 0.4) is 0 Å². The number of ether oxygens (including phenoxy) is 2. The largest absolute Gasteiger partial charge is 0.444 e. The second-order valence-electron chi connectivity index (χ2n) is 9.61. The van der Waals surface area contributed by atoms with Gasteiger partial charge in [-0.05, 0) is 68.4 Å². The molecule has 1 aliphatic heterocycles. The quantitative estimate of drug-likeness (QED) is 0.418. The first-order chi connectivity index (χ1) is 16.1. The van der Waals surface area contributed by atoms with E-state index in [1.807, 2.05) is 37.4 Å². The van der Waals surface area contributed by atoms with E-state index in [4.69, 9.17) is 14.5 Å². The lowest BCUT2D eigenvalue weighted by atomic mass is 10.0. The first-order valence-corrected chi connectivity index (χ1v) is 12.6. The molecule has 2 aromatic heterocycles. The number of carbonyl (C=O) groups is 1. The fourth-order valence-corrected chi connectivity index (χ4v) is 5.64. The zero-order valence-electron chi connectivity index (χ0n) is 19.9. The van der Waals surface area contributed by atoms with Crippen molar-refractivity contribution in [3.63, 3.8) is 0 Å². The van der Waals surface area contributed by atoms with E-state index in [-0.39, 0.29) is 12.2 Å². The summed E-state index contributed by atoms with van der Waals surface area (Å²) in [7, 11) is 2.79. The highest BCUT2D eigenvalue weighted by Crippen LogP contribution is 2.31. The molecule has 1 aliphatic rings. The lowest BCUT2D eigenvalue weighted by Crippen LogP contribution is -2.48. The van der Waals surface area contributed by atoms with Crippen LogP contribution in [0.4, 0.5) is 9.18 Å². The topological polar surface area (TPSA) is 56.1 Å². The SMILES string of the molecule is Cc1cc(Br)cc(P)c1-c1nc2cc(CF)ccn2c1C[C@H]1CN(C(=O)OC(C)(C)C)CCO1. The van der Waals surface area contributed by atoms with Gasteiger partial charge >= 0.3 is 6.09 Å². The Morgan fingerprint density at radius 1 is 1.35 bits per heavy atom. The first-order valence-electron chi connectivity index (χ1n) is 11.3. The van der Waals surface area contributed by atoms with E-state index in [2.05, 4.69) is 38.2 Å². The Hall–Kier alpha value is -2.02. The maximum atomic E-state index is 13.4. The number of fused-ring (bicyclic) bond motifs is 1. The number of amides is 1. The third-order valence-corrected chi connectivity index (χ3v) is 6.64. The standard InChI is InChI=1S/C25H30BrFN3O3P/c1-15-9-17(26)11-20(34)22(15)23-19(30-6-5-16(13-27)10-21(30)28-23)12-18-14-29(7-8-32-18)24(31)33-25(2,3)4/h5-6,9-11,18H,7-8,12-14,34H2,1-4H3/t18-/m0/s1. The summed E-state index contributed by atoms with van der Waals surface area (Å²) in [6, 6.07) is 7.64. The summed E-state index contributed by atoms with van der Waals surface area (Å²) < 4.78 is 28.0. The number of hydrogen-bond acceptors (Lipinski definition) is 4. The highest BCUT2D eigenvalue weighted by atomic mass is 79.9. The molecule has 2 atom stereocenters. The Labute approximate surface area is 210 Å². The average Bonchev–Trinajstić information content (AvgIpc) is 3.09. The van der Waals surface area contributed by atoms with Gasteiger partial charge in [0.15, 0.2) is 0 Å². The molecule has 0 radical (unpaired) electrons. The van der Waals surface area contributed by atoms with Crippen molar-refractivity contribution >= 4 is 42.2 Å². The molecule has 0 spiro atoms. The van der Waals surface area contributed by atoms with Crippen LogP contribution in [0.15, 0.2) is 34.9 Å². The number of rotatable bonds is 4. The van der Waals surface area contributed by atoms with Crippen LogP contribution in [-0.4, -0.2) is 51.8 Å². The van der Waals surface area contributed by atoms with Crippen molar-refractivity contribution < 1.29 is 18.7 Å². The second-order valence-corrected chi connectivity index (χ2v) is 11.2. The number of alkyl halides is 1. The van der Waals surface area contributed by atoms with Crippen molar-refractivity contribution in [1.82, 2.24) is 14.3 Å². The molecule has 6 nitrogen and oxygen atoms in total. The van der Waals surface area contributed by atoms with Crippen molar-refractivity contribution in [2.24, 2.45) is 0 Å². The monoisotopic (exact) mass is 549 g/mol. The molecule has 0 saturated carbocycles. The van der Waals surface area contributed by atoms with Gasteiger partial charge in [0.05, 0.1) is 30.6 Å². The van der Waals surface area contributed by atoms with E-state index in [1.165, 1.54) is 0 Å². The van der Waals surface area contributed by atoms with Gasteiger partial charge in [-0.1, -0.05) is 15.9 Å². The Morgan fingerprint density at radius 3 is 2.79 bits per heavy atom. The summed E-state index contributed by atoms with van der Waals surface area (Å²) in [6.07, 6.45) is 1.86. The number of morpholine rings is 1. The molecule has 3 heterocycles. The Kier molecular flexibility index (Phi) is 7.32. The second kappa shape index (κ2) is 9.92. The lowest BCUT2D eigenvalue weighted by Gasteiger charge is -2.34. The van der Waals surface area contributed by atoms with Crippen LogP contribution in [0.5, 0.6) is 0 Å². The van der Waals surface area contributed by atoms with Gasteiger partial charge in [0.25, 0.3) is 0 Å². The molecule has 1 aromatic carbocycles. The number of carbonyl (C=O) groups excluding carboxylic acids is 1. The zero-order valence-corrected chi connectivity index (χ0v) is 22.6. The molecule has 34 heavy (non-hydrogen) atoms. The van der Waals surface area contributed by atoms with E-state index in [9.17, 15) is 9.18 Å². The Bertz CT molecular complexity index is 1200. The number of imidazole rings is 1. The van der Waals surface area contributed by atoms with E-state index < -0.39 is 12.3 Å². The van der Waals surface area contributed by atoms with Gasteiger partial charge in [-0.3, -0.25) is 0 Å². The molecule has 1 unspecified atom stereocenters. The first kappa shape index (κ1) is 25.1. The number of nitrogens with zero attached hydrogens (tertiary/aromatic N) is 3. The molecule has 0 N–H and O–H groups in total. The smallest absolute Gasteiger partial charge is 0.410 e. The normalized spacial score (nSPS) is 16.8. The molecule has 1 saturated heterocycles. The summed E-state index contributed by atoms with van der Waals surface area (Å²) in [5.74, 6) is 0. The average molecular weight is 550 g/mol. The third-order valence-electron chi connectivity index (χ3n) is 5.72. The van der Waals surface area contributed by atoms with Gasteiger partial charge in [0.1, 0.15) is 17.9 Å². The molecule has 3 aromatic rings. The van der Waals surface area contributed by atoms with Crippen LogP contribution in [0.1, 0.15) is 37.6 Å². The summed E-state index contributed by atoms with van der Waals surface area (Å²) in [5, 5.41) is 1.02. The number of hydrogen-bond donors (Lipinski definition) is 0. The highest BCUT2D eigenvalue weighted by Gasteiger charge is 2.30. The van der Waals surface area contributed by atoms with Gasteiger partial charge in [-0.2, -0.15) is 0 Å². The van der Waals surface area contributed by atoms with Crippen LogP contribution >= 0.6 is 25.2 Å². The predicted molar refractivity (Wildman–Crippen MR) is 138 cm³/mol. The van der Waals surface area contributed by atoms with E-state index >= 15 is 0 Å². The fraction of sp³-hybridized carbons (Fsp3) is 0.440. The van der Waals surface area contributed by atoms with Crippen molar-refractivity contribution in [3.05, 3.63) is 51.8 Å². The van der Waals surface area contributed by atoms with E-state index in [0.717, 1.165) is 32.3 Å². The number of benzene rings is 1. The minimum absolute atomic E-state index is 0.218. The van der Waals surface area contributed by atoms with Gasteiger partial charge < -0.3 is 18.8 Å². The van der Waals surface area contributed by atoms with Crippen LogP contribution in [0.2, 0.25) is 0 Å². The summed E-state index contributed by atoms with van der Waals surface area (Å²) >= 11 is 3.56. The summed E-state index contributed by atoms with van der Waals surface area (Å²) in [5.41, 5.74) is 4.62. The molecule has 1 amide bonds. The van der Waals surface area contributed by atoms with Gasteiger partial charge in [0, 0.05) is 29.2 Å². The van der Waals surface area contributed by atoms with Gasteiger partial charge in [-0.15, -0.1) is 9.24 Å². The lowest BCUT2D eigenvalue weighted by molar-refractivity contribution is -0.0418. The Morgan fingerprint density at radius 2 is 2.12 bits per heavy atom. The Balaban J connectivity index is 1.72. The van der Waals surface area contributed by atoms with Crippen molar-refractivity contribution in [3.8, 4) is 11.3 Å². The third kappa shape index (κ3) is 5.45. The maximum Gasteiger partial charge on any atom is 0.410 e. The minimum atomic E-state index is -0.553. The van der Waals surface area contributed by atoms with Crippen molar-refractivity contribution in [1.29, 1.82) is 0 Å². The van der Waals surface area contributed by atoms with Crippen molar-refractivity contribution in [2.75, 3.05) is 19.7 Å². The molecule has 9 heteroatoms. The maximum absolute atomic E-state index is 13.4. The molecule has 0 bridgehead atoms. The van der Waals surface area contributed by atoms with Crippen LogP contribution in [0.25, 0.3) is 16.9 Å². The van der Waals surface area contributed by atoms with Crippen LogP contribution < -0.4 is 5.30 Å².